The first-order valence-electron chi connectivity index (χ1n) is 5.23. The molecule has 5 nitrogen and oxygen atoms in total. The van der Waals surface area contributed by atoms with E-state index in [4.69, 9.17) is 14.9 Å². The monoisotopic (exact) mass is 239 g/mol. The van der Waals surface area contributed by atoms with Crippen LogP contribution in [0.25, 0.3) is 0 Å². The van der Waals surface area contributed by atoms with E-state index in [2.05, 4.69) is 5.32 Å². The quantitative estimate of drug-likeness (QED) is 0.684. The first-order chi connectivity index (χ1) is 8.04. The van der Waals surface area contributed by atoms with Crippen LogP contribution >= 0.6 is 0 Å². The Labute approximate surface area is 100 Å². The van der Waals surface area contributed by atoms with Crippen molar-refractivity contribution in [1.29, 1.82) is 0 Å². The van der Waals surface area contributed by atoms with Crippen LogP contribution in [0.1, 0.15) is 17.3 Å². The van der Waals surface area contributed by atoms with E-state index in [0.29, 0.717) is 11.3 Å². The molecule has 0 bridgehead atoms. The fourth-order valence-electron chi connectivity index (χ4n) is 1.22. The first-order valence-corrected chi connectivity index (χ1v) is 5.23. The number of benzene rings is 1. The molecule has 0 unspecified atom stereocenters. The molecular formula is C12H17NO4. The van der Waals surface area contributed by atoms with Gasteiger partial charge in [-0.2, -0.15) is 0 Å². The van der Waals surface area contributed by atoms with Crippen LogP contribution in [0.3, 0.4) is 0 Å². The lowest BCUT2D eigenvalue weighted by molar-refractivity contribution is 0.0724. The zero-order valence-corrected chi connectivity index (χ0v) is 9.93. The van der Waals surface area contributed by atoms with Gasteiger partial charge in [-0.15, -0.1) is 0 Å². The first kappa shape index (κ1) is 13.5. The molecule has 0 heterocycles. The molecule has 3 N–H and O–H groups in total. The summed E-state index contributed by atoms with van der Waals surface area (Å²) in [5.74, 6) is 0.312. The molecule has 1 rings (SSSR count). The van der Waals surface area contributed by atoms with E-state index >= 15 is 0 Å². The van der Waals surface area contributed by atoms with Crippen LogP contribution in [-0.4, -0.2) is 42.0 Å². The zero-order chi connectivity index (χ0) is 12.9. The van der Waals surface area contributed by atoms with Gasteiger partial charge in [0, 0.05) is 5.56 Å². The molecule has 0 aliphatic heterocycles. The molecule has 0 atom stereocenters. The second kappa shape index (κ2) is 5.65. The number of hydrogen-bond acceptors (Lipinski definition) is 4. The third kappa shape index (κ3) is 3.44. The summed E-state index contributed by atoms with van der Waals surface area (Å²) in [4.78, 5) is 11.8. The molecule has 1 aromatic carbocycles. The number of carbonyl (C=O) groups is 1. The van der Waals surface area contributed by atoms with Gasteiger partial charge in [0.25, 0.3) is 5.91 Å². The lowest BCUT2D eigenvalue weighted by Gasteiger charge is -2.26. The second-order valence-electron chi connectivity index (χ2n) is 4.06. The molecule has 1 amide bonds. The topological polar surface area (TPSA) is 78.8 Å². The van der Waals surface area contributed by atoms with Crippen molar-refractivity contribution in [1.82, 2.24) is 5.32 Å². The SMILES string of the molecule is COc1ccc(C(=O)NC(C)(CO)CO)cc1. The summed E-state index contributed by atoms with van der Waals surface area (Å²) in [7, 11) is 1.55. The fraction of sp³-hybridized carbons (Fsp3) is 0.417. The number of aliphatic hydroxyl groups is 2. The van der Waals surface area contributed by atoms with E-state index < -0.39 is 5.54 Å². The van der Waals surface area contributed by atoms with Gasteiger partial charge in [-0.25, -0.2) is 0 Å². The molecule has 0 aromatic heterocycles. The van der Waals surface area contributed by atoms with Crippen LogP contribution in [0.4, 0.5) is 0 Å². The van der Waals surface area contributed by atoms with E-state index in [1.54, 1.807) is 38.3 Å². The second-order valence-corrected chi connectivity index (χ2v) is 4.06. The Kier molecular flexibility index (Phi) is 4.48. The van der Waals surface area contributed by atoms with Gasteiger partial charge >= 0.3 is 0 Å². The van der Waals surface area contributed by atoms with Crippen molar-refractivity contribution < 1.29 is 19.7 Å². The van der Waals surface area contributed by atoms with Crippen LogP contribution in [0, 0.1) is 0 Å². The summed E-state index contributed by atoms with van der Waals surface area (Å²) >= 11 is 0. The van der Waals surface area contributed by atoms with Gasteiger partial charge in [-0.05, 0) is 31.2 Å². The largest absolute Gasteiger partial charge is 0.497 e. The molecule has 0 aliphatic rings. The van der Waals surface area contributed by atoms with Gasteiger partial charge in [0.1, 0.15) is 5.75 Å². The highest BCUT2D eigenvalue weighted by molar-refractivity contribution is 5.94. The summed E-state index contributed by atoms with van der Waals surface area (Å²) in [6, 6.07) is 6.57. The number of ether oxygens (including phenoxy) is 1. The number of hydrogen-bond donors (Lipinski definition) is 3. The average molecular weight is 239 g/mol. The minimum atomic E-state index is -1.02. The summed E-state index contributed by atoms with van der Waals surface area (Å²) in [6.45, 7) is 0.908. The third-order valence-corrected chi connectivity index (χ3v) is 2.47. The molecule has 0 saturated heterocycles. The van der Waals surface area contributed by atoms with Gasteiger partial charge in [0.05, 0.1) is 25.9 Å². The van der Waals surface area contributed by atoms with Crippen LogP contribution < -0.4 is 10.1 Å². The maximum Gasteiger partial charge on any atom is 0.251 e. The predicted molar refractivity (Wildman–Crippen MR) is 63.0 cm³/mol. The minimum Gasteiger partial charge on any atom is -0.497 e. The highest BCUT2D eigenvalue weighted by Gasteiger charge is 2.24. The Morgan fingerprint density at radius 3 is 2.24 bits per heavy atom. The van der Waals surface area contributed by atoms with Crippen LogP contribution in [0.5, 0.6) is 5.75 Å². The van der Waals surface area contributed by atoms with E-state index in [-0.39, 0.29) is 19.1 Å². The Morgan fingerprint density at radius 2 is 1.82 bits per heavy atom. The maximum atomic E-state index is 11.8. The van der Waals surface area contributed by atoms with E-state index in [1.807, 2.05) is 0 Å². The van der Waals surface area contributed by atoms with Crippen LogP contribution in [-0.2, 0) is 0 Å². The lowest BCUT2D eigenvalue weighted by atomic mass is 10.0. The summed E-state index contributed by atoms with van der Waals surface area (Å²) in [5.41, 5.74) is -0.573. The normalized spacial score (nSPS) is 11.1. The maximum absolute atomic E-state index is 11.8. The van der Waals surface area contributed by atoms with Crippen LogP contribution in [0.2, 0.25) is 0 Å². The number of amides is 1. The van der Waals surface area contributed by atoms with Crippen molar-refractivity contribution in [2.45, 2.75) is 12.5 Å². The molecule has 17 heavy (non-hydrogen) atoms. The van der Waals surface area contributed by atoms with Crippen molar-refractivity contribution in [3.05, 3.63) is 29.8 Å². The molecule has 0 saturated carbocycles. The predicted octanol–water partition coefficient (Wildman–Crippen LogP) is 0.168. The number of carbonyl (C=O) groups excluding carboxylic acids is 1. The fourth-order valence-corrected chi connectivity index (χ4v) is 1.22. The van der Waals surface area contributed by atoms with Crippen molar-refractivity contribution in [2.75, 3.05) is 20.3 Å². The molecular weight excluding hydrogens is 222 g/mol. The van der Waals surface area contributed by atoms with Crippen molar-refractivity contribution in [3.63, 3.8) is 0 Å². The number of aliphatic hydroxyl groups excluding tert-OH is 2. The van der Waals surface area contributed by atoms with Crippen molar-refractivity contribution >= 4 is 5.91 Å². The summed E-state index contributed by atoms with van der Waals surface area (Å²) in [5, 5.41) is 20.7. The molecule has 5 heteroatoms. The van der Waals surface area contributed by atoms with Crippen molar-refractivity contribution in [2.24, 2.45) is 0 Å². The molecule has 1 aromatic rings. The zero-order valence-electron chi connectivity index (χ0n) is 9.93. The molecule has 0 aliphatic carbocycles. The molecule has 94 valence electrons. The van der Waals surface area contributed by atoms with Crippen molar-refractivity contribution in [3.8, 4) is 5.75 Å². The number of rotatable bonds is 5. The van der Waals surface area contributed by atoms with E-state index in [0.717, 1.165) is 0 Å². The standard InChI is InChI=1S/C12H17NO4/c1-12(7-14,8-15)13-11(16)9-3-5-10(17-2)6-4-9/h3-6,14-15H,7-8H2,1-2H3,(H,13,16). The van der Waals surface area contributed by atoms with Gasteiger partial charge in [-0.3, -0.25) is 4.79 Å². The Balaban J connectivity index is 2.75. The molecule has 0 fully saturated rings. The van der Waals surface area contributed by atoms with Gasteiger partial charge in [0.2, 0.25) is 0 Å². The molecule has 0 spiro atoms. The smallest absolute Gasteiger partial charge is 0.251 e. The van der Waals surface area contributed by atoms with Gasteiger partial charge < -0.3 is 20.3 Å². The highest BCUT2D eigenvalue weighted by atomic mass is 16.5. The highest BCUT2D eigenvalue weighted by Crippen LogP contribution is 2.12. The Morgan fingerprint density at radius 1 is 1.29 bits per heavy atom. The lowest BCUT2D eigenvalue weighted by Crippen LogP contribution is -2.51. The van der Waals surface area contributed by atoms with Crippen LogP contribution in [0.15, 0.2) is 24.3 Å². The Hall–Kier alpha value is -1.59. The summed E-state index contributed by atoms with van der Waals surface area (Å²) in [6.07, 6.45) is 0. The van der Waals surface area contributed by atoms with Gasteiger partial charge in [-0.1, -0.05) is 0 Å². The van der Waals surface area contributed by atoms with Gasteiger partial charge in [0.15, 0.2) is 0 Å². The number of nitrogens with one attached hydrogen (secondary N) is 1. The minimum absolute atomic E-state index is 0.328. The Bertz CT molecular complexity index is 371. The van der Waals surface area contributed by atoms with E-state index in [9.17, 15) is 4.79 Å². The number of methoxy groups -OCH3 is 1. The summed E-state index contributed by atoms with van der Waals surface area (Å²) < 4.78 is 4.98. The third-order valence-electron chi connectivity index (χ3n) is 2.47. The van der Waals surface area contributed by atoms with E-state index in [1.165, 1.54) is 0 Å². The average Bonchev–Trinajstić information content (AvgIpc) is 2.38. The molecule has 0 radical (unpaired) electrons.